The maximum Gasteiger partial charge on any atom is 0.323 e. The van der Waals surface area contributed by atoms with Crippen LogP contribution in [0.25, 0.3) is 5.69 Å². The highest BCUT2D eigenvalue weighted by Crippen LogP contribution is 2.19. The molecule has 0 saturated carbocycles. The molecule has 1 aromatic carbocycles. The van der Waals surface area contributed by atoms with E-state index in [2.05, 4.69) is 10.1 Å². The summed E-state index contributed by atoms with van der Waals surface area (Å²) in [5, 5.41) is 13.2. The van der Waals surface area contributed by atoms with Crippen molar-refractivity contribution in [3.05, 3.63) is 41.7 Å². The van der Waals surface area contributed by atoms with E-state index in [4.69, 9.17) is 5.11 Å². The van der Waals surface area contributed by atoms with Gasteiger partial charge in [-0.25, -0.2) is 14.1 Å². The Hall–Kier alpha value is -2.77. The number of benzene rings is 1. The Morgan fingerprint density at radius 3 is 2.64 bits per heavy atom. The van der Waals surface area contributed by atoms with Gasteiger partial charge in [0.1, 0.15) is 18.2 Å². The molecule has 2 rings (SSSR count). The zero-order chi connectivity index (χ0) is 18.6. The molecule has 0 spiro atoms. The molecule has 1 aromatic heterocycles. The van der Waals surface area contributed by atoms with E-state index in [9.17, 15) is 14.0 Å². The van der Waals surface area contributed by atoms with Crippen LogP contribution in [0.2, 0.25) is 0 Å². The fourth-order valence-corrected chi connectivity index (χ4v) is 2.41. The molecule has 0 atom stereocenters. The lowest BCUT2D eigenvalue weighted by atomic mass is 10.2. The molecule has 0 aliphatic carbocycles. The second kappa shape index (κ2) is 7.87. The van der Waals surface area contributed by atoms with Gasteiger partial charge in [0.2, 0.25) is 5.82 Å². The minimum atomic E-state index is -1.10. The quantitative estimate of drug-likeness (QED) is 0.830. The average Bonchev–Trinajstić information content (AvgIpc) is 2.99. The van der Waals surface area contributed by atoms with Crippen LogP contribution in [0.3, 0.4) is 0 Å². The van der Waals surface area contributed by atoms with Crippen LogP contribution in [-0.2, 0) is 4.79 Å². The lowest BCUT2D eigenvalue weighted by Gasteiger charge is -2.17. The topological polar surface area (TPSA) is 88.3 Å². The van der Waals surface area contributed by atoms with Gasteiger partial charge in [0.05, 0.1) is 5.69 Å². The third kappa shape index (κ3) is 4.40. The summed E-state index contributed by atoms with van der Waals surface area (Å²) < 4.78 is 14.9. The van der Waals surface area contributed by atoms with Gasteiger partial charge in [-0.05, 0) is 24.6 Å². The maximum absolute atomic E-state index is 13.5. The van der Waals surface area contributed by atoms with E-state index in [1.54, 1.807) is 12.1 Å². The van der Waals surface area contributed by atoms with Crippen LogP contribution in [0, 0.1) is 5.82 Å². The molecule has 0 aliphatic rings. The van der Waals surface area contributed by atoms with Crippen molar-refractivity contribution in [3.8, 4) is 5.69 Å². The molecule has 0 bridgehead atoms. The molecule has 0 radical (unpaired) electrons. The molecule has 0 aliphatic heterocycles. The van der Waals surface area contributed by atoms with Crippen molar-refractivity contribution in [3.63, 3.8) is 0 Å². The Balaban J connectivity index is 2.43. The largest absolute Gasteiger partial charge is 0.480 e. The fourth-order valence-electron chi connectivity index (χ4n) is 2.41. The van der Waals surface area contributed by atoms with Crippen molar-refractivity contribution in [1.82, 2.24) is 19.7 Å². The summed E-state index contributed by atoms with van der Waals surface area (Å²) in [4.78, 5) is 29.0. The van der Waals surface area contributed by atoms with Crippen LogP contribution in [0.4, 0.5) is 4.39 Å². The van der Waals surface area contributed by atoms with Gasteiger partial charge in [0, 0.05) is 12.5 Å². The first kappa shape index (κ1) is 18.6. The number of rotatable bonds is 7. The van der Waals surface area contributed by atoms with Gasteiger partial charge in [0.25, 0.3) is 5.91 Å². The Morgan fingerprint density at radius 1 is 1.36 bits per heavy atom. The monoisotopic (exact) mass is 348 g/mol. The fraction of sp³-hybridized carbons (Fsp3) is 0.412. The third-order valence-corrected chi connectivity index (χ3v) is 3.50. The van der Waals surface area contributed by atoms with Crippen molar-refractivity contribution in [2.75, 3.05) is 13.1 Å². The second-order valence-electron chi connectivity index (χ2n) is 5.96. The molecule has 7 nitrogen and oxygen atoms in total. The van der Waals surface area contributed by atoms with Gasteiger partial charge in [-0.15, -0.1) is 5.10 Å². The van der Waals surface area contributed by atoms with Crippen LogP contribution >= 0.6 is 0 Å². The van der Waals surface area contributed by atoms with Crippen molar-refractivity contribution in [2.45, 2.75) is 33.1 Å². The maximum atomic E-state index is 13.5. The van der Waals surface area contributed by atoms with Gasteiger partial charge in [-0.2, -0.15) is 0 Å². The summed E-state index contributed by atoms with van der Waals surface area (Å²) in [5.74, 6) is -1.73. The van der Waals surface area contributed by atoms with Gasteiger partial charge in [0.15, 0.2) is 0 Å². The van der Waals surface area contributed by atoms with Gasteiger partial charge < -0.3 is 10.0 Å². The van der Waals surface area contributed by atoms with Crippen molar-refractivity contribution in [2.24, 2.45) is 0 Å². The van der Waals surface area contributed by atoms with E-state index in [0.717, 1.165) is 0 Å². The molecule has 1 heterocycles. The standard InChI is InChI=1S/C17H21FN4O3/c1-4-8-21(10-14(23)24)17(25)15-19-16(11(2)3)22(20-15)13-7-5-6-12(18)9-13/h5-7,9,11H,4,8,10H2,1-3H3,(H,23,24). The average molecular weight is 348 g/mol. The summed E-state index contributed by atoms with van der Waals surface area (Å²) in [7, 11) is 0. The van der Waals surface area contributed by atoms with Crippen LogP contribution in [-0.4, -0.2) is 49.7 Å². The van der Waals surface area contributed by atoms with E-state index in [-0.39, 0.29) is 18.3 Å². The molecule has 1 N–H and O–H groups in total. The highest BCUT2D eigenvalue weighted by molar-refractivity contribution is 5.92. The molecule has 134 valence electrons. The number of hydrogen-bond acceptors (Lipinski definition) is 4. The van der Waals surface area contributed by atoms with Gasteiger partial charge in [-0.1, -0.05) is 26.8 Å². The number of carboxylic acid groups (broad SMARTS) is 1. The summed E-state index contributed by atoms with van der Waals surface area (Å²) in [6.07, 6.45) is 0.612. The predicted molar refractivity (Wildman–Crippen MR) is 89.2 cm³/mol. The first-order chi connectivity index (χ1) is 11.8. The van der Waals surface area contributed by atoms with E-state index < -0.39 is 24.2 Å². The summed E-state index contributed by atoms with van der Waals surface area (Å²) in [6.45, 7) is 5.49. The first-order valence-corrected chi connectivity index (χ1v) is 8.07. The smallest absolute Gasteiger partial charge is 0.323 e. The molecule has 0 fully saturated rings. The number of halogens is 1. The lowest BCUT2D eigenvalue weighted by molar-refractivity contribution is -0.137. The third-order valence-electron chi connectivity index (χ3n) is 3.50. The molecule has 2 aromatic rings. The van der Waals surface area contributed by atoms with Crippen LogP contribution in [0.1, 0.15) is 49.6 Å². The van der Waals surface area contributed by atoms with Gasteiger partial charge in [-0.3, -0.25) is 9.59 Å². The van der Waals surface area contributed by atoms with E-state index in [1.807, 2.05) is 20.8 Å². The van der Waals surface area contributed by atoms with E-state index in [0.29, 0.717) is 17.9 Å². The van der Waals surface area contributed by atoms with Crippen molar-refractivity contribution in [1.29, 1.82) is 0 Å². The zero-order valence-electron chi connectivity index (χ0n) is 14.4. The Kier molecular flexibility index (Phi) is 5.84. The molecule has 1 amide bonds. The number of nitrogens with zero attached hydrogens (tertiary/aromatic N) is 4. The minimum absolute atomic E-state index is 0.0589. The molecule has 0 saturated heterocycles. The highest BCUT2D eigenvalue weighted by Gasteiger charge is 2.25. The number of hydrogen-bond donors (Lipinski definition) is 1. The Bertz CT molecular complexity index is 773. The van der Waals surface area contributed by atoms with Gasteiger partial charge >= 0.3 is 5.97 Å². The number of carboxylic acids is 1. The number of amides is 1. The highest BCUT2D eigenvalue weighted by atomic mass is 19.1. The summed E-state index contributed by atoms with van der Waals surface area (Å²) in [5.41, 5.74) is 0.454. The molecular formula is C17H21FN4O3. The predicted octanol–water partition coefficient (Wildman–Crippen LogP) is 2.47. The zero-order valence-corrected chi connectivity index (χ0v) is 14.4. The van der Waals surface area contributed by atoms with Crippen LogP contribution in [0.5, 0.6) is 0 Å². The molecule has 0 unspecified atom stereocenters. The van der Waals surface area contributed by atoms with Crippen LogP contribution < -0.4 is 0 Å². The molecule has 25 heavy (non-hydrogen) atoms. The number of carbonyl (C=O) groups is 2. The Labute approximate surface area is 145 Å². The molecular weight excluding hydrogens is 327 g/mol. The number of aromatic nitrogens is 3. The normalized spacial score (nSPS) is 10.9. The minimum Gasteiger partial charge on any atom is -0.480 e. The Morgan fingerprint density at radius 2 is 2.08 bits per heavy atom. The lowest BCUT2D eigenvalue weighted by Crippen LogP contribution is -2.36. The van der Waals surface area contributed by atoms with E-state index in [1.165, 1.54) is 21.7 Å². The second-order valence-corrected chi connectivity index (χ2v) is 5.96. The number of carbonyl (C=O) groups excluding carboxylic acids is 1. The first-order valence-electron chi connectivity index (χ1n) is 8.07. The number of aliphatic carboxylic acids is 1. The molecule has 8 heteroatoms. The summed E-state index contributed by atoms with van der Waals surface area (Å²) >= 11 is 0. The SMILES string of the molecule is CCCN(CC(=O)O)C(=O)c1nc(C(C)C)n(-c2cccc(F)c2)n1. The van der Waals surface area contributed by atoms with Crippen molar-refractivity contribution < 1.29 is 19.1 Å². The van der Waals surface area contributed by atoms with Crippen molar-refractivity contribution >= 4 is 11.9 Å². The van der Waals surface area contributed by atoms with Crippen LogP contribution in [0.15, 0.2) is 24.3 Å². The van der Waals surface area contributed by atoms with E-state index >= 15 is 0 Å². The summed E-state index contributed by atoms with van der Waals surface area (Å²) in [6, 6.07) is 5.83.